The molecule has 0 aliphatic carbocycles. The van der Waals surface area contributed by atoms with E-state index in [1.165, 1.54) is 9.21 Å². The fraction of sp³-hybridized carbons (Fsp3) is 0.500. The van der Waals surface area contributed by atoms with Crippen molar-refractivity contribution in [2.75, 3.05) is 32.7 Å². The lowest BCUT2D eigenvalue weighted by atomic mass is 10.2. The van der Waals surface area contributed by atoms with E-state index in [-0.39, 0.29) is 5.92 Å². The molecule has 0 bridgehead atoms. The van der Waals surface area contributed by atoms with Gasteiger partial charge in [-0.3, -0.25) is 0 Å². The third kappa shape index (κ3) is 4.04. The summed E-state index contributed by atoms with van der Waals surface area (Å²) in [6.07, 6.45) is 0. The van der Waals surface area contributed by atoms with Gasteiger partial charge in [-0.1, -0.05) is 22.0 Å². The Morgan fingerprint density at radius 3 is 2.67 bits per heavy atom. The molecule has 0 spiro atoms. The molecule has 1 aliphatic heterocycles. The van der Waals surface area contributed by atoms with Crippen LogP contribution in [0.15, 0.2) is 33.6 Å². The van der Waals surface area contributed by atoms with Gasteiger partial charge in [-0.25, -0.2) is 8.42 Å². The molecule has 7 heteroatoms. The van der Waals surface area contributed by atoms with Crippen molar-refractivity contribution in [1.29, 1.82) is 5.26 Å². The second-order valence-electron chi connectivity index (χ2n) is 5.35. The molecule has 0 radical (unpaired) electrons. The molecule has 114 valence electrons. The maximum absolute atomic E-state index is 12.6. The molecule has 0 saturated carbocycles. The van der Waals surface area contributed by atoms with Crippen molar-refractivity contribution in [2.45, 2.75) is 11.8 Å². The van der Waals surface area contributed by atoms with E-state index in [1.807, 2.05) is 13.0 Å². The largest absolute Gasteiger partial charge is 0.332 e. The number of rotatable bonds is 4. The first-order valence-electron chi connectivity index (χ1n) is 6.92. The van der Waals surface area contributed by atoms with Crippen LogP contribution in [0.5, 0.6) is 0 Å². The van der Waals surface area contributed by atoms with Crippen LogP contribution in [0.2, 0.25) is 0 Å². The summed E-state index contributed by atoms with van der Waals surface area (Å²) < 4.78 is 27.4. The average Bonchev–Trinajstić information content (AvgIpc) is 2.47. The van der Waals surface area contributed by atoms with Gasteiger partial charge in [0.1, 0.15) is 0 Å². The molecule has 5 nitrogen and oxygen atoms in total. The molecule has 0 unspecified atom stereocenters. The van der Waals surface area contributed by atoms with Gasteiger partial charge >= 0.3 is 0 Å². The first kappa shape index (κ1) is 16.4. The minimum atomic E-state index is -3.42. The number of sulfonamides is 1. The summed E-state index contributed by atoms with van der Waals surface area (Å²) in [5.74, 6) is 0.00763. The normalized spacial score (nSPS) is 19.1. The molecule has 1 fully saturated rings. The second kappa shape index (κ2) is 6.88. The van der Waals surface area contributed by atoms with Crippen molar-refractivity contribution in [2.24, 2.45) is 5.92 Å². The lowest BCUT2D eigenvalue weighted by molar-refractivity contribution is -0.905. The van der Waals surface area contributed by atoms with Crippen molar-refractivity contribution >= 4 is 26.0 Å². The van der Waals surface area contributed by atoms with E-state index in [0.29, 0.717) is 18.0 Å². The smallest absolute Gasteiger partial charge is 0.243 e. The highest BCUT2D eigenvalue weighted by molar-refractivity contribution is 9.10. The number of halogens is 1. The Morgan fingerprint density at radius 1 is 1.43 bits per heavy atom. The number of hydrogen-bond acceptors (Lipinski definition) is 3. The van der Waals surface area contributed by atoms with Crippen molar-refractivity contribution in [3.05, 3.63) is 28.7 Å². The van der Waals surface area contributed by atoms with Crippen LogP contribution >= 0.6 is 15.9 Å². The van der Waals surface area contributed by atoms with Crippen molar-refractivity contribution in [1.82, 2.24) is 4.31 Å². The minimum Gasteiger partial charge on any atom is -0.332 e. The van der Waals surface area contributed by atoms with Gasteiger partial charge in [0, 0.05) is 4.47 Å². The maximum Gasteiger partial charge on any atom is 0.243 e. The van der Waals surface area contributed by atoms with Gasteiger partial charge < -0.3 is 4.90 Å². The van der Waals surface area contributed by atoms with E-state index in [0.717, 1.165) is 24.1 Å². The number of nitriles is 1. The number of nitrogens with zero attached hydrogens (tertiary/aromatic N) is 2. The number of piperazine rings is 1. The molecular weight excluding hydrogens is 354 g/mol. The Labute approximate surface area is 134 Å². The minimum absolute atomic E-state index is 0.00763. The molecule has 1 saturated heterocycles. The van der Waals surface area contributed by atoms with Gasteiger partial charge in [0.15, 0.2) is 0 Å². The lowest BCUT2D eigenvalue weighted by Gasteiger charge is -2.32. The van der Waals surface area contributed by atoms with Gasteiger partial charge in [0.05, 0.1) is 49.6 Å². The summed E-state index contributed by atoms with van der Waals surface area (Å²) in [4.78, 5) is 1.62. The average molecular weight is 373 g/mol. The number of hydrogen-bond donors (Lipinski definition) is 1. The SMILES string of the molecule is C[C@@H](C#N)C[NH+]1CCN(S(=O)(=O)c2cccc(Br)c2)CC1. The van der Waals surface area contributed by atoms with Crippen LogP contribution < -0.4 is 4.90 Å². The Bertz CT molecular complexity index is 634. The van der Waals surface area contributed by atoms with Gasteiger partial charge in [0.25, 0.3) is 0 Å². The summed E-state index contributed by atoms with van der Waals surface area (Å²) >= 11 is 3.31. The monoisotopic (exact) mass is 372 g/mol. The van der Waals surface area contributed by atoms with Crippen LogP contribution in [-0.2, 0) is 10.0 Å². The van der Waals surface area contributed by atoms with E-state index in [4.69, 9.17) is 5.26 Å². The molecular formula is C14H19BrN3O2S+. The molecule has 2 rings (SSSR count). The fourth-order valence-corrected chi connectivity index (χ4v) is 4.54. The molecule has 1 heterocycles. The summed E-state index contributed by atoms with van der Waals surface area (Å²) in [6.45, 7) is 5.18. The molecule has 1 aliphatic rings. The third-order valence-electron chi connectivity index (χ3n) is 3.68. The summed E-state index contributed by atoms with van der Waals surface area (Å²) in [5, 5.41) is 8.85. The van der Waals surface area contributed by atoms with Crippen LogP contribution in [0, 0.1) is 17.2 Å². The van der Waals surface area contributed by atoms with Gasteiger partial charge in [-0.2, -0.15) is 9.57 Å². The fourth-order valence-electron chi connectivity index (χ4n) is 2.50. The van der Waals surface area contributed by atoms with E-state index in [2.05, 4.69) is 22.0 Å². The standard InChI is InChI=1S/C14H18BrN3O2S/c1-12(10-16)11-17-5-7-18(8-6-17)21(19,20)14-4-2-3-13(15)9-14/h2-4,9,12H,5-8,11H2,1H3/p+1/t12-/m0/s1. The van der Waals surface area contributed by atoms with Crippen molar-refractivity contribution < 1.29 is 13.3 Å². The topological polar surface area (TPSA) is 65.6 Å². The quantitative estimate of drug-likeness (QED) is 0.836. The Balaban J connectivity index is 2.03. The summed E-state index contributed by atoms with van der Waals surface area (Å²) in [7, 11) is -3.42. The van der Waals surface area contributed by atoms with E-state index >= 15 is 0 Å². The summed E-state index contributed by atoms with van der Waals surface area (Å²) in [5.41, 5.74) is 0. The number of benzene rings is 1. The van der Waals surface area contributed by atoms with Crippen LogP contribution in [-0.4, -0.2) is 45.4 Å². The van der Waals surface area contributed by atoms with Crippen molar-refractivity contribution in [3.8, 4) is 6.07 Å². The zero-order chi connectivity index (χ0) is 15.5. The van der Waals surface area contributed by atoms with E-state index in [1.54, 1.807) is 18.2 Å². The van der Waals surface area contributed by atoms with Crippen LogP contribution in [0.4, 0.5) is 0 Å². The highest BCUT2D eigenvalue weighted by Gasteiger charge is 2.30. The van der Waals surface area contributed by atoms with Crippen LogP contribution in [0.1, 0.15) is 6.92 Å². The van der Waals surface area contributed by atoms with E-state index in [9.17, 15) is 8.42 Å². The van der Waals surface area contributed by atoms with Crippen LogP contribution in [0.25, 0.3) is 0 Å². The molecule has 1 aromatic carbocycles. The third-order valence-corrected chi connectivity index (χ3v) is 6.07. The predicted octanol–water partition coefficient (Wildman–Crippen LogP) is 0.498. The second-order valence-corrected chi connectivity index (χ2v) is 8.20. The Hall–Kier alpha value is -0.940. The van der Waals surface area contributed by atoms with E-state index < -0.39 is 10.0 Å². The highest BCUT2D eigenvalue weighted by atomic mass is 79.9. The number of nitrogens with one attached hydrogen (secondary N) is 1. The zero-order valence-corrected chi connectivity index (χ0v) is 14.3. The van der Waals surface area contributed by atoms with Crippen LogP contribution in [0.3, 0.4) is 0 Å². The zero-order valence-electron chi connectivity index (χ0n) is 11.9. The molecule has 1 aromatic rings. The maximum atomic E-state index is 12.6. The van der Waals surface area contributed by atoms with Gasteiger partial charge in [-0.05, 0) is 25.1 Å². The molecule has 21 heavy (non-hydrogen) atoms. The first-order valence-corrected chi connectivity index (χ1v) is 9.15. The summed E-state index contributed by atoms with van der Waals surface area (Å²) in [6, 6.07) is 9.02. The molecule has 0 aromatic heterocycles. The predicted molar refractivity (Wildman–Crippen MR) is 83.2 cm³/mol. The van der Waals surface area contributed by atoms with Gasteiger partial charge in [-0.15, -0.1) is 0 Å². The first-order chi connectivity index (χ1) is 9.93. The lowest BCUT2D eigenvalue weighted by Crippen LogP contribution is -3.15. The highest BCUT2D eigenvalue weighted by Crippen LogP contribution is 2.19. The molecule has 1 atom stereocenters. The van der Waals surface area contributed by atoms with Gasteiger partial charge in [0.2, 0.25) is 10.0 Å². The Kier molecular flexibility index (Phi) is 5.38. The molecule has 0 amide bonds. The number of quaternary nitrogens is 1. The molecule has 1 N–H and O–H groups in total. The Morgan fingerprint density at radius 2 is 2.10 bits per heavy atom. The van der Waals surface area contributed by atoms with Crippen molar-refractivity contribution in [3.63, 3.8) is 0 Å².